The van der Waals surface area contributed by atoms with Gasteiger partial charge in [-0.25, -0.2) is 0 Å². The number of hydrogen-bond acceptors (Lipinski definition) is 3. The molecule has 2 heterocycles. The molecular formula is C15H14ClNOS. The van der Waals surface area contributed by atoms with Crippen LogP contribution in [-0.2, 0) is 0 Å². The molecule has 0 amide bonds. The maximum atomic E-state index is 5.90. The summed E-state index contributed by atoms with van der Waals surface area (Å²) in [4.78, 5) is 0. The van der Waals surface area contributed by atoms with Crippen molar-refractivity contribution in [3.05, 3.63) is 58.3 Å². The third-order valence-corrected chi connectivity index (χ3v) is 4.29. The summed E-state index contributed by atoms with van der Waals surface area (Å²) < 4.78 is 6.88. The van der Waals surface area contributed by atoms with Crippen molar-refractivity contribution in [2.45, 2.75) is 13.0 Å². The van der Waals surface area contributed by atoms with Gasteiger partial charge in [-0.15, -0.1) is 11.3 Å². The molecule has 2 aromatic heterocycles. The summed E-state index contributed by atoms with van der Waals surface area (Å²) in [6.07, 6.45) is 0. The molecule has 1 unspecified atom stereocenters. The van der Waals surface area contributed by atoms with E-state index in [9.17, 15) is 0 Å². The Hall–Kier alpha value is -1.29. The summed E-state index contributed by atoms with van der Waals surface area (Å²) in [6.45, 7) is 2.96. The van der Waals surface area contributed by atoms with Crippen LogP contribution in [0, 0.1) is 0 Å². The number of halogens is 1. The lowest BCUT2D eigenvalue weighted by atomic mass is 10.0. The Bertz CT molecular complexity index is 688. The maximum absolute atomic E-state index is 5.90. The van der Waals surface area contributed by atoms with Crippen LogP contribution < -0.4 is 5.32 Å². The minimum atomic E-state index is 0.0415. The Balaban J connectivity index is 2.11. The van der Waals surface area contributed by atoms with E-state index in [0.717, 1.165) is 12.3 Å². The number of fused-ring (bicyclic) bond motifs is 1. The third-order valence-electron chi connectivity index (χ3n) is 3.11. The Morgan fingerprint density at radius 1 is 1.26 bits per heavy atom. The number of furan rings is 1. The second-order valence-electron chi connectivity index (χ2n) is 4.32. The van der Waals surface area contributed by atoms with Crippen molar-refractivity contribution in [3.63, 3.8) is 0 Å². The standard InChI is InChI=1S/C15H14ClNOS/c1-2-17-14(12-6-7-13(16)18-12)11-5-3-4-10-8-9-19-15(10)11/h3-9,14,17H,2H2,1H3. The molecule has 0 radical (unpaired) electrons. The number of nitrogens with one attached hydrogen (secondary N) is 1. The van der Waals surface area contributed by atoms with Gasteiger partial charge in [0.25, 0.3) is 0 Å². The summed E-state index contributed by atoms with van der Waals surface area (Å²) in [5.41, 5.74) is 1.24. The molecule has 0 aliphatic heterocycles. The first kappa shape index (κ1) is 12.7. The molecule has 0 aliphatic rings. The van der Waals surface area contributed by atoms with Crippen LogP contribution in [0.5, 0.6) is 0 Å². The Kier molecular flexibility index (Phi) is 3.60. The molecule has 0 saturated carbocycles. The van der Waals surface area contributed by atoms with Crippen LogP contribution in [0.1, 0.15) is 24.3 Å². The van der Waals surface area contributed by atoms with E-state index >= 15 is 0 Å². The van der Waals surface area contributed by atoms with Gasteiger partial charge in [-0.05, 0) is 52.7 Å². The summed E-state index contributed by atoms with van der Waals surface area (Å²) in [6, 6.07) is 12.3. The average Bonchev–Trinajstić information content (AvgIpc) is 3.04. The summed E-state index contributed by atoms with van der Waals surface area (Å²) in [7, 11) is 0. The SMILES string of the molecule is CCNC(c1ccc(Cl)o1)c1cccc2ccsc12. The minimum Gasteiger partial charge on any atom is -0.448 e. The van der Waals surface area contributed by atoms with Crippen LogP contribution in [0.3, 0.4) is 0 Å². The molecule has 0 fully saturated rings. The zero-order valence-electron chi connectivity index (χ0n) is 10.5. The monoisotopic (exact) mass is 291 g/mol. The molecule has 0 aliphatic carbocycles. The summed E-state index contributed by atoms with van der Waals surface area (Å²) in [5, 5.41) is 7.28. The van der Waals surface area contributed by atoms with Crippen molar-refractivity contribution in [3.8, 4) is 0 Å². The highest BCUT2D eigenvalue weighted by molar-refractivity contribution is 7.17. The van der Waals surface area contributed by atoms with E-state index in [2.05, 4.69) is 41.9 Å². The van der Waals surface area contributed by atoms with Gasteiger partial charge >= 0.3 is 0 Å². The van der Waals surface area contributed by atoms with Gasteiger partial charge in [-0.2, -0.15) is 0 Å². The molecule has 1 atom stereocenters. The summed E-state index contributed by atoms with van der Waals surface area (Å²) in [5.74, 6) is 0.854. The summed E-state index contributed by atoms with van der Waals surface area (Å²) >= 11 is 7.65. The maximum Gasteiger partial charge on any atom is 0.193 e. The molecule has 3 aromatic rings. The lowest BCUT2D eigenvalue weighted by Gasteiger charge is -2.16. The van der Waals surface area contributed by atoms with Crippen LogP contribution in [0.25, 0.3) is 10.1 Å². The lowest BCUT2D eigenvalue weighted by Crippen LogP contribution is -2.21. The number of benzene rings is 1. The zero-order chi connectivity index (χ0) is 13.2. The van der Waals surface area contributed by atoms with Crippen molar-refractivity contribution in [2.24, 2.45) is 0 Å². The zero-order valence-corrected chi connectivity index (χ0v) is 12.1. The predicted molar refractivity (Wildman–Crippen MR) is 81.1 cm³/mol. The first-order valence-electron chi connectivity index (χ1n) is 6.24. The minimum absolute atomic E-state index is 0.0415. The quantitative estimate of drug-likeness (QED) is 0.743. The molecular weight excluding hydrogens is 278 g/mol. The van der Waals surface area contributed by atoms with Gasteiger partial charge in [-0.1, -0.05) is 25.1 Å². The van der Waals surface area contributed by atoms with Crippen LogP contribution in [0.2, 0.25) is 5.22 Å². The second-order valence-corrected chi connectivity index (χ2v) is 5.61. The van der Waals surface area contributed by atoms with E-state index < -0.39 is 0 Å². The van der Waals surface area contributed by atoms with Gasteiger partial charge in [0.2, 0.25) is 0 Å². The van der Waals surface area contributed by atoms with Crippen LogP contribution in [0.4, 0.5) is 0 Å². The highest BCUT2D eigenvalue weighted by Crippen LogP contribution is 2.33. The van der Waals surface area contributed by atoms with Crippen molar-refractivity contribution in [2.75, 3.05) is 6.54 Å². The van der Waals surface area contributed by atoms with Crippen LogP contribution in [0.15, 0.2) is 46.2 Å². The fourth-order valence-electron chi connectivity index (χ4n) is 2.29. The van der Waals surface area contributed by atoms with Gasteiger partial charge in [0.15, 0.2) is 5.22 Å². The third kappa shape index (κ3) is 2.41. The molecule has 1 N–H and O–H groups in total. The molecule has 0 saturated heterocycles. The van der Waals surface area contributed by atoms with Crippen molar-refractivity contribution >= 4 is 33.0 Å². The molecule has 0 spiro atoms. The van der Waals surface area contributed by atoms with Gasteiger partial charge in [0, 0.05) is 4.70 Å². The number of hydrogen-bond donors (Lipinski definition) is 1. The van der Waals surface area contributed by atoms with E-state index in [1.165, 1.54) is 15.6 Å². The normalized spacial score (nSPS) is 12.9. The Labute approximate surface area is 121 Å². The van der Waals surface area contributed by atoms with Crippen LogP contribution >= 0.6 is 22.9 Å². The number of thiophene rings is 1. The highest BCUT2D eigenvalue weighted by atomic mass is 35.5. The first-order valence-corrected chi connectivity index (χ1v) is 7.50. The fourth-order valence-corrected chi connectivity index (χ4v) is 3.39. The average molecular weight is 292 g/mol. The molecule has 3 rings (SSSR count). The van der Waals surface area contributed by atoms with Crippen LogP contribution in [-0.4, -0.2) is 6.54 Å². The topological polar surface area (TPSA) is 25.2 Å². The highest BCUT2D eigenvalue weighted by Gasteiger charge is 2.19. The van der Waals surface area contributed by atoms with Gasteiger partial charge < -0.3 is 9.73 Å². The first-order chi connectivity index (χ1) is 9.29. The van der Waals surface area contributed by atoms with E-state index in [-0.39, 0.29) is 6.04 Å². The smallest absolute Gasteiger partial charge is 0.193 e. The molecule has 0 bridgehead atoms. The van der Waals surface area contributed by atoms with E-state index in [4.69, 9.17) is 16.0 Å². The van der Waals surface area contributed by atoms with Crippen molar-refractivity contribution in [1.29, 1.82) is 0 Å². The molecule has 4 heteroatoms. The molecule has 19 heavy (non-hydrogen) atoms. The molecule has 2 nitrogen and oxygen atoms in total. The lowest BCUT2D eigenvalue weighted by molar-refractivity contribution is 0.455. The van der Waals surface area contributed by atoms with Gasteiger partial charge in [0.05, 0.1) is 6.04 Å². The van der Waals surface area contributed by atoms with E-state index in [1.54, 1.807) is 17.4 Å². The Morgan fingerprint density at radius 2 is 2.16 bits per heavy atom. The fraction of sp³-hybridized carbons (Fsp3) is 0.200. The van der Waals surface area contributed by atoms with Gasteiger partial charge in [0.1, 0.15) is 5.76 Å². The Morgan fingerprint density at radius 3 is 2.89 bits per heavy atom. The van der Waals surface area contributed by atoms with Crippen molar-refractivity contribution in [1.82, 2.24) is 5.32 Å². The van der Waals surface area contributed by atoms with E-state index in [0.29, 0.717) is 5.22 Å². The van der Waals surface area contributed by atoms with Crippen molar-refractivity contribution < 1.29 is 4.42 Å². The number of rotatable bonds is 4. The molecule has 98 valence electrons. The largest absolute Gasteiger partial charge is 0.448 e. The second kappa shape index (κ2) is 5.37. The van der Waals surface area contributed by atoms with Gasteiger partial charge in [-0.3, -0.25) is 0 Å². The molecule has 1 aromatic carbocycles. The predicted octanol–water partition coefficient (Wildman–Crippen LogP) is 4.85. The van der Waals surface area contributed by atoms with E-state index in [1.807, 2.05) is 6.07 Å².